The van der Waals surface area contributed by atoms with Gasteiger partial charge in [0.25, 0.3) is 0 Å². The zero-order valence-electron chi connectivity index (χ0n) is 11.0. The predicted octanol–water partition coefficient (Wildman–Crippen LogP) is 1.89. The fourth-order valence-electron chi connectivity index (χ4n) is 2.36. The minimum Gasteiger partial charge on any atom is -0.393 e. The number of aliphatic hydroxyl groups excluding tert-OH is 1. The summed E-state index contributed by atoms with van der Waals surface area (Å²) >= 11 is 0. The molecule has 1 rings (SSSR count). The summed E-state index contributed by atoms with van der Waals surface area (Å²) in [7, 11) is 1.81. The zero-order chi connectivity index (χ0) is 12.0. The summed E-state index contributed by atoms with van der Waals surface area (Å²) < 4.78 is 5.49. The second kappa shape index (κ2) is 7.25. The highest BCUT2D eigenvalue weighted by Crippen LogP contribution is 2.19. The summed E-state index contributed by atoms with van der Waals surface area (Å²) in [4.78, 5) is 2.47. The molecule has 96 valence electrons. The smallest absolute Gasteiger partial charge is 0.0724 e. The Morgan fingerprint density at radius 1 is 1.50 bits per heavy atom. The number of piperidine rings is 1. The topological polar surface area (TPSA) is 32.7 Å². The molecular weight excluding hydrogens is 202 g/mol. The van der Waals surface area contributed by atoms with Gasteiger partial charge >= 0.3 is 0 Å². The van der Waals surface area contributed by atoms with E-state index in [1.54, 1.807) is 0 Å². The number of aliphatic hydroxyl groups is 1. The number of nitrogens with zero attached hydrogens (tertiary/aromatic N) is 1. The summed E-state index contributed by atoms with van der Waals surface area (Å²) in [6.45, 7) is 7.65. The molecule has 1 aliphatic heterocycles. The van der Waals surface area contributed by atoms with Crippen LogP contribution in [0.4, 0.5) is 0 Å². The van der Waals surface area contributed by atoms with Crippen LogP contribution >= 0.6 is 0 Å². The van der Waals surface area contributed by atoms with Gasteiger partial charge < -0.3 is 14.7 Å². The van der Waals surface area contributed by atoms with Gasteiger partial charge in [0.05, 0.1) is 12.2 Å². The molecule has 0 radical (unpaired) electrons. The van der Waals surface area contributed by atoms with Crippen LogP contribution in [0, 0.1) is 5.92 Å². The Labute approximate surface area is 99.8 Å². The standard InChI is InChI=1S/C13H27NO2/c1-4-12(15)6-5-8-14-9-7-11(2)13(10-14)16-3/h11-13,15H,4-10H2,1-3H3. The summed E-state index contributed by atoms with van der Waals surface area (Å²) in [6.07, 6.45) is 4.42. The molecule has 0 aromatic heterocycles. The van der Waals surface area contributed by atoms with Crippen molar-refractivity contribution < 1.29 is 9.84 Å². The molecule has 1 aliphatic rings. The van der Waals surface area contributed by atoms with Gasteiger partial charge in [0.15, 0.2) is 0 Å². The largest absolute Gasteiger partial charge is 0.393 e. The van der Waals surface area contributed by atoms with Gasteiger partial charge in [0, 0.05) is 13.7 Å². The maximum absolute atomic E-state index is 9.48. The van der Waals surface area contributed by atoms with E-state index in [2.05, 4.69) is 11.8 Å². The van der Waals surface area contributed by atoms with Crippen LogP contribution in [0.1, 0.15) is 39.5 Å². The molecule has 0 saturated carbocycles. The Bertz CT molecular complexity index is 187. The molecule has 1 heterocycles. The lowest BCUT2D eigenvalue weighted by Gasteiger charge is -2.36. The first kappa shape index (κ1) is 13.9. The predicted molar refractivity (Wildman–Crippen MR) is 66.5 cm³/mol. The molecule has 16 heavy (non-hydrogen) atoms. The number of rotatable bonds is 6. The van der Waals surface area contributed by atoms with Crippen molar-refractivity contribution in [1.82, 2.24) is 4.90 Å². The Morgan fingerprint density at radius 2 is 2.25 bits per heavy atom. The van der Waals surface area contributed by atoms with E-state index in [1.807, 2.05) is 14.0 Å². The minimum absolute atomic E-state index is 0.109. The van der Waals surface area contributed by atoms with Crippen molar-refractivity contribution in [3.63, 3.8) is 0 Å². The molecule has 1 fully saturated rings. The monoisotopic (exact) mass is 229 g/mol. The SMILES string of the molecule is CCC(O)CCCN1CCC(C)C(OC)C1. The third-order valence-electron chi connectivity index (χ3n) is 3.76. The van der Waals surface area contributed by atoms with Crippen molar-refractivity contribution in [2.75, 3.05) is 26.7 Å². The quantitative estimate of drug-likeness (QED) is 0.755. The fraction of sp³-hybridized carbons (Fsp3) is 1.00. The molecule has 3 heteroatoms. The average molecular weight is 229 g/mol. The molecule has 3 unspecified atom stereocenters. The Morgan fingerprint density at radius 3 is 2.88 bits per heavy atom. The van der Waals surface area contributed by atoms with Crippen LogP contribution in [0.15, 0.2) is 0 Å². The van der Waals surface area contributed by atoms with Gasteiger partial charge in [0.2, 0.25) is 0 Å². The summed E-state index contributed by atoms with van der Waals surface area (Å²) in [5.41, 5.74) is 0. The first-order valence-corrected chi connectivity index (χ1v) is 6.60. The first-order valence-electron chi connectivity index (χ1n) is 6.60. The third-order valence-corrected chi connectivity index (χ3v) is 3.76. The molecule has 0 aliphatic carbocycles. The molecule has 1 N–H and O–H groups in total. The van der Waals surface area contributed by atoms with Gasteiger partial charge in [0.1, 0.15) is 0 Å². The minimum atomic E-state index is -0.109. The highest BCUT2D eigenvalue weighted by Gasteiger charge is 2.25. The maximum Gasteiger partial charge on any atom is 0.0724 e. The number of hydrogen-bond acceptors (Lipinski definition) is 3. The second-order valence-corrected chi connectivity index (χ2v) is 5.05. The number of likely N-dealkylation sites (tertiary alicyclic amines) is 1. The van der Waals surface area contributed by atoms with Crippen molar-refractivity contribution >= 4 is 0 Å². The van der Waals surface area contributed by atoms with Gasteiger partial charge in [-0.25, -0.2) is 0 Å². The highest BCUT2D eigenvalue weighted by molar-refractivity contribution is 4.78. The molecule has 0 aromatic carbocycles. The number of methoxy groups -OCH3 is 1. The molecule has 0 bridgehead atoms. The Balaban J connectivity index is 2.18. The fourth-order valence-corrected chi connectivity index (χ4v) is 2.36. The van der Waals surface area contributed by atoms with Crippen molar-refractivity contribution in [3.05, 3.63) is 0 Å². The van der Waals surface area contributed by atoms with Crippen LogP contribution in [-0.4, -0.2) is 49.0 Å². The average Bonchev–Trinajstić information content (AvgIpc) is 2.31. The van der Waals surface area contributed by atoms with E-state index in [1.165, 1.54) is 13.0 Å². The van der Waals surface area contributed by atoms with Gasteiger partial charge in [-0.3, -0.25) is 0 Å². The molecule has 3 atom stereocenters. The van der Waals surface area contributed by atoms with Gasteiger partial charge in [-0.05, 0) is 44.7 Å². The van der Waals surface area contributed by atoms with Crippen LogP contribution in [0.2, 0.25) is 0 Å². The van der Waals surface area contributed by atoms with E-state index in [9.17, 15) is 5.11 Å². The number of ether oxygens (including phenoxy) is 1. The van der Waals surface area contributed by atoms with Gasteiger partial charge in [-0.15, -0.1) is 0 Å². The lowest BCUT2D eigenvalue weighted by molar-refractivity contribution is -0.00610. The van der Waals surface area contributed by atoms with Crippen LogP contribution in [0.25, 0.3) is 0 Å². The lowest BCUT2D eigenvalue weighted by atomic mass is 9.95. The van der Waals surface area contributed by atoms with Crippen molar-refractivity contribution in [2.24, 2.45) is 5.92 Å². The van der Waals surface area contributed by atoms with E-state index < -0.39 is 0 Å². The van der Waals surface area contributed by atoms with Gasteiger partial charge in [-0.1, -0.05) is 13.8 Å². The molecular formula is C13H27NO2. The van der Waals surface area contributed by atoms with Gasteiger partial charge in [-0.2, -0.15) is 0 Å². The Kier molecular flexibility index (Phi) is 6.32. The second-order valence-electron chi connectivity index (χ2n) is 5.05. The van der Waals surface area contributed by atoms with Crippen LogP contribution < -0.4 is 0 Å². The molecule has 3 nitrogen and oxygen atoms in total. The maximum atomic E-state index is 9.48. The summed E-state index contributed by atoms with van der Waals surface area (Å²) in [6, 6.07) is 0. The summed E-state index contributed by atoms with van der Waals surface area (Å²) in [5, 5.41) is 9.48. The van der Waals surface area contributed by atoms with E-state index in [0.29, 0.717) is 12.0 Å². The van der Waals surface area contributed by atoms with Crippen molar-refractivity contribution in [2.45, 2.75) is 51.7 Å². The van der Waals surface area contributed by atoms with E-state index >= 15 is 0 Å². The highest BCUT2D eigenvalue weighted by atomic mass is 16.5. The lowest BCUT2D eigenvalue weighted by Crippen LogP contribution is -2.44. The molecule has 1 saturated heterocycles. The normalized spacial score (nSPS) is 29.2. The molecule has 0 aromatic rings. The van der Waals surface area contributed by atoms with Crippen LogP contribution in [0.5, 0.6) is 0 Å². The third kappa shape index (κ3) is 4.40. The van der Waals surface area contributed by atoms with Crippen molar-refractivity contribution in [1.29, 1.82) is 0 Å². The van der Waals surface area contributed by atoms with Crippen LogP contribution in [-0.2, 0) is 4.74 Å². The van der Waals surface area contributed by atoms with Crippen LogP contribution in [0.3, 0.4) is 0 Å². The molecule has 0 spiro atoms. The zero-order valence-corrected chi connectivity index (χ0v) is 11.0. The molecule has 0 amide bonds. The van der Waals surface area contributed by atoms with E-state index in [-0.39, 0.29) is 6.10 Å². The first-order chi connectivity index (χ1) is 7.67. The summed E-state index contributed by atoms with van der Waals surface area (Å²) in [5.74, 6) is 0.683. The van der Waals surface area contributed by atoms with Crippen molar-refractivity contribution in [3.8, 4) is 0 Å². The van der Waals surface area contributed by atoms with E-state index in [4.69, 9.17) is 4.74 Å². The Hall–Kier alpha value is -0.120. The number of hydrogen-bond donors (Lipinski definition) is 1. The van der Waals surface area contributed by atoms with E-state index in [0.717, 1.165) is 32.4 Å².